The first-order valence-corrected chi connectivity index (χ1v) is 6.33. The maximum atomic E-state index is 12.0. The van der Waals surface area contributed by atoms with E-state index in [4.69, 9.17) is 4.74 Å². The van der Waals surface area contributed by atoms with E-state index in [1.807, 2.05) is 0 Å². The van der Waals surface area contributed by atoms with Crippen molar-refractivity contribution in [1.82, 2.24) is 0 Å². The molecule has 2 aromatic carbocycles. The number of amides is 1. The summed E-state index contributed by atoms with van der Waals surface area (Å²) in [4.78, 5) is 12.0. The molecular weight excluding hydrogens is 310 g/mol. The van der Waals surface area contributed by atoms with E-state index in [1.165, 1.54) is 12.1 Å². The van der Waals surface area contributed by atoms with Crippen LogP contribution in [0.4, 0.5) is 5.69 Å². The largest absolute Gasteiger partial charge is 0.508 e. The van der Waals surface area contributed by atoms with Crippen molar-refractivity contribution >= 4 is 27.5 Å². The Morgan fingerprint density at radius 3 is 2.53 bits per heavy atom. The van der Waals surface area contributed by atoms with Crippen LogP contribution >= 0.6 is 15.9 Å². The maximum Gasteiger partial charge on any atom is 0.255 e. The van der Waals surface area contributed by atoms with E-state index in [9.17, 15) is 9.90 Å². The molecule has 98 valence electrons. The van der Waals surface area contributed by atoms with Crippen molar-refractivity contribution in [3.63, 3.8) is 0 Å². The van der Waals surface area contributed by atoms with Crippen LogP contribution < -0.4 is 10.1 Å². The number of methoxy groups -OCH3 is 1. The van der Waals surface area contributed by atoms with Crippen LogP contribution in [0.25, 0.3) is 0 Å². The summed E-state index contributed by atoms with van der Waals surface area (Å²) < 4.78 is 5.97. The van der Waals surface area contributed by atoms with E-state index in [1.54, 1.807) is 37.4 Å². The monoisotopic (exact) mass is 321 g/mol. The van der Waals surface area contributed by atoms with E-state index in [0.29, 0.717) is 17.0 Å². The molecule has 2 aromatic rings. The first kappa shape index (κ1) is 13.4. The first-order chi connectivity index (χ1) is 9.10. The predicted molar refractivity (Wildman–Crippen MR) is 76.8 cm³/mol. The zero-order chi connectivity index (χ0) is 13.8. The number of hydrogen-bond donors (Lipinski definition) is 2. The predicted octanol–water partition coefficient (Wildman–Crippen LogP) is 3.42. The number of rotatable bonds is 3. The molecule has 1 amide bonds. The summed E-state index contributed by atoms with van der Waals surface area (Å²) in [5.74, 6) is 0.523. The zero-order valence-corrected chi connectivity index (χ0v) is 11.8. The Morgan fingerprint density at radius 2 is 1.89 bits per heavy atom. The average molecular weight is 322 g/mol. The molecule has 0 unspecified atom stereocenters. The number of phenolic OH excluding ortho intramolecular Hbond substituents is 1. The van der Waals surface area contributed by atoms with Crippen molar-refractivity contribution in [3.8, 4) is 11.5 Å². The molecular formula is C14H12BrNO3. The highest BCUT2D eigenvalue weighted by Gasteiger charge is 2.08. The van der Waals surface area contributed by atoms with Gasteiger partial charge < -0.3 is 15.2 Å². The number of carbonyl (C=O) groups is 1. The van der Waals surface area contributed by atoms with Gasteiger partial charge in [-0.25, -0.2) is 0 Å². The van der Waals surface area contributed by atoms with Gasteiger partial charge in [0.05, 0.1) is 11.6 Å². The number of carbonyl (C=O) groups excluding carboxylic acids is 1. The average Bonchev–Trinajstić information content (AvgIpc) is 2.41. The molecule has 0 aromatic heterocycles. The third-order valence-electron chi connectivity index (χ3n) is 2.54. The van der Waals surface area contributed by atoms with Gasteiger partial charge in [0.2, 0.25) is 0 Å². The fraction of sp³-hybridized carbons (Fsp3) is 0.0714. The number of nitrogens with one attached hydrogen (secondary N) is 1. The van der Waals surface area contributed by atoms with Crippen LogP contribution in [0, 0.1) is 0 Å². The lowest BCUT2D eigenvalue weighted by Crippen LogP contribution is -2.11. The van der Waals surface area contributed by atoms with E-state index in [0.717, 1.165) is 4.47 Å². The first-order valence-electron chi connectivity index (χ1n) is 5.54. The van der Waals surface area contributed by atoms with Gasteiger partial charge in [-0.1, -0.05) is 0 Å². The van der Waals surface area contributed by atoms with Gasteiger partial charge in [0.1, 0.15) is 11.5 Å². The second-order valence-electron chi connectivity index (χ2n) is 3.85. The summed E-state index contributed by atoms with van der Waals surface area (Å²) in [5.41, 5.74) is 1.11. The molecule has 4 nitrogen and oxygen atoms in total. The van der Waals surface area contributed by atoms with Crippen LogP contribution in [-0.4, -0.2) is 18.1 Å². The Kier molecular flexibility index (Phi) is 4.06. The summed E-state index contributed by atoms with van der Waals surface area (Å²) in [6.45, 7) is 0. The number of ether oxygens (including phenoxy) is 1. The molecule has 0 aliphatic carbocycles. The highest BCUT2D eigenvalue weighted by molar-refractivity contribution is 9.10. The Morgan fingerprint density at radius 1 is 1.21 bits per heavy atom. The van der Waals surface area contributed by atoms with Crippen LogP contribution in [0.3, 0.4) is 0 Å². The van der Waals surface area contributed by atoms with Crippen molar-refractivity contribution in [2.75, 3.05) is 12.4 Å². The minimum absolute atomic E-state index is 0.127. The van der Waals surface area contributed by atoms with Crippen molar-refractivity contribution in [2.24, 2.45) is 0 Å². The maximum absolute atomic E-state index is 12.0. The lowest BCUT2D eigenvalue weighted by atomic mass is 10.2. The van der Waals surface area contributed by atoms with Gasteiger partial charge in [-0.15, -0.1) is 0 Å². The van der Waals surface area contributed by atoms with Crippen molar-refractivity contribution < 1.29 is 14.6 Å². The van der Waals surface area contributed by atoms with Gasteiger partial charge >= 0.3 is 0 Å². The highest BCUT2D eigenvalue weighted by atomic mass is 79.9. The summed E-state index contributed by atoms with van der Waals surface area (Å²) in [6, 6.07) is 11.3. The number of phenols is 1. The van der Waals surface area contributed by atoms with Gasteiger partial charge in [-0.2, -0.15) is 0 Å². The molecule has 19 heavy (non-hydrogen) atoms. The minimum atomic E-state index is -0.246. The van der Waals surface area contributed by atoms with Gasteiger partial charge in [-0.3, -0.25) is 4.79 Å². The summed E-state index contributed by atoms with van der Waals surface area (Å²) in [5, 5.41) is 11.9. The number of aromatic hydroxyl groups is 1. The molecule has 0 aliphatic heterocycles. The van der Waals surface area contributed by atoms with E-state index in [-0.39, 0.29) is 11.7 Å². The van der Waals surface area contributed by atoms with Crippen LogP contribution in [0.1, 0.15) is 10.4 Å². The summed E-state index contributed by atoms with van der Waals surface area (Å²) in [6.07, 6.45) is 0. The van der Waals surface area contributed by atoms with E-state index < -0.39 is 0 Å². The van der Waals surface area contributed by atoms with Crippen LogP contribution in [0.15, 0.2) is 46.9 Å². The molecule has 2 rings (SSSR count). The lowest BCUT2D eigenvalue weighted by molar-refractivity contribution is 0.102. The lowest BCUT2D eigenvalue weighted by Gasteiger charge is -2.08. The number of benzene rings is 2. The molecule has 0 aliphatic rings. The third kappa shape index (κ3) is 3.26. The third-order valence-corrected chi connectivity index (χ3v) is 3.19. The molecule has 5 heteroatoms. The smallest absolute Gasteiger partial charge is 0.255 e. The zero-order valence-electron chi connectivity index (χ0n) is 10.2. The topological polar surface area (TPSA) is 58.6 Å². The quantitative estimate of drug-likeness (QED) is 0.910. The molecule has 0 spiro atoms. The Balaban J connectivity index is 2.17. The Bertz CT molecular complexity index is 596. The van der Waals surface area contributed by atoms with E-state index >= 15 is 0 Å². The number of hydrogen-bond acceptors (Lipinski definition) is 3. The molecule has 0 bridgehead atoms. The Labute approximate surface area is 119 Å². The number of anilines is 1. The van der Waals surface area contributed by atoms with Crippen LogP contribution in [0.2, 0.25) is 0 Å². The van der Waals surface area contributed by atoms with Crippen LogP contribution in [-0.2, 0) is 0 Å². The van der Waals surface area contributed by atoms with Crippen LogP contribution in [0.5, 0.6) is 11.5 Å². The molecule has 0 saturated carbocycles. The van der Waals surface area contributed by atoms with E-state index in [2.05, 4.69) is 21.2 Å². The normalized spacial score (nSPS) is 10.0. The number of halogens is 1. The molecule has 0 radical (unpaired) electrons. The fourth-order valence-corrected chi connectivity index (χ4v) is 1.96. The van der Waals surface area contributed by atoms with Gasteiger partial charge in [0.25, 0.3) is 5.91 Å². The van der Waals surface area contributed by atoms with Gasteiger partial charge in [0.15, 0.2) is 0 Å². The van der Waals surface area contributed by atoms with Gasteiger partial charge in [0, 0.05) is 17.3 Å². The highest BCUT2D eigenvalue weighted by Crippen LogP contribution is 2.28. The molecule has 0 atom stereocenters. The van der Waals surface area contributed by atoms with Crippen molar-refractivity contribution in [1.29, 1.82) is 0 Å². The fourth-order valence-electron chi connectivity index (χ4n) is 1.55. The summed E-state index contributed by atoms with van der Waals surface area (Å²) in [7, 11) is 1.56. The SMILES string of the molecule is COc1cc(NC(=O)c2ccc(O)cc2)ccc1Br. The minimum Gasteiger partial charge on any atom is -0.508 e. The standard InChI is InChI=1S/C14H12BrNO3/c1-19-13-8-10(4-7-12(13)15)16-14(18)9-2-5-11(17)6-3-9/h2-8,17H,1H3,(H,16,18). The molecule has 0 fully saturated rings. The molecule has 0 heterocycles. The van der Waals surface area contributed by atoms with Gasteiger partial charge in [-0.05, 0) is 52.3 Å². The second-order valence-corrected chi connectivity index (χ2v) is 4.70. The molecule has 0 saturated heterocycles. The Hall–Kier alpha value is -2.01. The van der Waals surface area contributed by atoms with Crippen molar-refractivity contribution in [3.05, 3.63) is 52.5 Å². The summed E-state index contributed by atoms with van der Waals surface area (Å²) >= 11 is 3.34. The second kappa shape index (κ2) is 5.75. The van der Waals surface area contributed by atoms with Crippen molar-refractivity contribution in [2.45, 2.75) is 0 Å². The molecule has 2 N–H and O–H groups in total.